The molecule has 0 bridgehead atoms. The van der Waals surface area contributed by atoms with Crippen molar-refractivity contribution < 1.29 is 257 Å². The minimum absolute atomic E-state index is 0. The zero-order chi connectivity index (χ0) is 22.5. The summed E-state index contributed by atoms with van der Waals surface area (Å²) < 4.78 is 5.00. The summed E-state index contributed by atoms with van der Waals surface area (Å²) >= 11 is 0. The topological polar surface area (TPSA) is 598 Å². The third-order valence-corrected chi connectivity index (χ3v) is 0. The van der Waals surface area contributed by atoms with E-state index in [0.29, 0.717) is 0 Å². The Labute approximate surface area is 780 Å². The van der Waals surface area contributed by atoms with E-state index in [0.717, 1.165) is 22.4 Å². The van der Waals surface area contributed by atoms with Crippen LogP contribution in [-0.2, 0) is 130 Å². The fraction of sp³-hybridized carbons (Fsp3) is 1.00. The van der Waals surface area contributed by atoms with E-state index in [9.17, 15) is 0 Å². The first-order chi connectivity index (χ1) is 10.0. The first-order valence-electron chi connectivity index (χ1n) is 8.94. The zero-order valence-corrected chi connectivity index (χ0v) is 85.3. The molecule has 0 amide bonds. The fourth-order valence-corrected chi connectivity index (χ4v) is 0. The van der Waals surface area contributed by atoms with Gasteiger partial charge in [0.2, 0.25) is 0 Å². The summed E-state index contributed by atoms with van der Waals surface area (Å²) in [6, 6.07) is 0. The number of hydrogen-bond acceptors (Lipinski definition) is 0. The Balaban J connectivity index is -0.00000000191. The maximum atomic E-state index is 2.12. The van der Waals surface area contributed by atoms with Crippen molar-refractivity contribution in [3.8, 4) is 0 Å². The molecular formula is C20H98K5N5Na5Nb3O19W3+5. The molecule has 60 heavy (non-hydrogen) atoms. The standard InChI is InChI=1S/5C4H12N.5K.5Na.3Nb.19H2O.3W/c5*1-5(2,3)4;;;;;;;;;;;;;;;;;;;;;;;;;;;;;;;;;;;/h5*1-4H3;;;;;;;;;;;;;;19*1H2;;;/q5*+1;;;;;;;;;;;;;;;;;;;;;;;;;;;;;;;;;;;. The van der Waals surface area contributed by atoms with E-state index in [2.05, 4.69) is 141 Å². The minimum Gasteiger partial charge on any atom is -0.412 e. The number of rotatable bonds is 0. The van der Waals surface area contributed by atoms with Gasteiger partial charge in [-0.05, 0) is 0 Å². The molecule has 0 saturated heterocycles. The average Bonchev–Trinajstić information content (AvgIpc) is 1.79. The monoisotopic (exact) mass is 1850 g/mol. The Morgan fingerprint density at radius 2 is 0.150 bits per heavy atom. The molecule has 0 aromatic rings. The maximum Gasteiger partial charge on any atom is 0.0675 e. The van der Waals surface area contributed by atoms with E-state index < -0.39 is 0 Å². The van der Waals surface area contributed by atoms with Crippen molar-refractivity contribution in [1.82, 2.24) is 0 Å². The van der Waals surface area contributed by atoms with Crippen LogP contribution in [-0.4, -0.2) is 672 Å². The van der Waals surface area contributed by atoms with Crippen molar-refractivity contribution in [2.75, 3.05) is 141 Å². The van der Waals surface area contributed by atoms with Crippen LogP contribution in [0.2, 0.25) is 0 Å². The third-order valence-electron chi connectivity index (χ3n) is 0. The van der Waals surface area contributed by atoms with Gasteiger partial charge in [0.25, 0.3) is 0 Å². The van der Waals surface area contributed by atoms with Gasteiger partial charge < -0.3 is 126 Å². The second-order valence-electron chi connectivity index (χ2n) is 13.4. The Morgan fingerprint density at radius 3 is 0.150 bits per heavy atom. The predicted molar refractivity (Wildman–Crippen MR) is 246 cm³/mol. The normalized spacial score (nSPS) is 5.00. The summed E-state index contributed by atoms with van der Waals surface area (Å²) in [5.74, 6) is 0. The van der Waals surface area contributed by atoms with Gasteiger partial charge in [0.15, 0.2) is 0 Å². The summed E-state index contributed by atoms with van der Waals surface area (Å²) in [6.45, 7) is 0. The van der Waals surface area contributed by atoms with Crippen LogP contribution in [0.5, 0.6) is 0 Å². The van der Waals surface area contributed by atoms with E-state index in [1.165, 1.54) is 0 Å². The molecule has 40 heteroatoms. The van der Waals surface area contributed by atoms with E-state index in [4.69, 9.17) is 0 Å². The Bertz CT molecular complexity index is 290. The summed E-state index contributed by atoms with van der Waals surface area (Å²) in [5.41, 5.74) is 0. The SMILES string of the molecule is C[N+](C)(C)C.C[N+](C)(C)C.C[N+](C)(C)C.C[N+](C)(C)C.C[N+](C)(C)C.O.O.O.O.O.O.O.O.O.O.O.O.O.O.O.O.O.O.O.[K].[K].[K].[K].[K].[Na].[Na].[Na].[Na].[Na].[Nb].[Nb].[Nb].[W].[W].[W]. The fourth-order valence-electron chi connectivity index (χ4n) is 0. The van der Waals surface area contributed by atoms with Gasteiger partial charge in [0.05, 0.1) is 141 Å². The van der Waals surface area contributed by atoms with Crippen LogP contribution in [0.15, 0.2) is 0 Å². The molecule has 0 aliphatic carbocycles. The smallest absolute Gasteiger partial charge is 0.0675 e. The predicted octanol–water partition coefficient (Wildman–Crippen LogP) is -17.9. The molecule has 0 aliphatic heterocycles. The second kappa shape index (κ2) is 194. The second-order valence-corrected chi connectivity index (χ2v) is 13.4. The van der Waals surface area contributed by atoms with Gasteiger partial charge in [-0.25, -0.2) is 0 Å². The summed E-state index contributed by atoms with van der Waals surface area (Å²) in [6.07, 6.45) is 0. The van der Waals surface area contributed by atoms with Crippen molar-refractivity contribution >= 4 is 405 Å². The van der Waals surface area contributed by atoms with Crippen LogP contribution in [0.25, 0.3) is 0 Å². The van der Waals surface area contributed by atoms with Gasteiger partial charge >= 0.3 is 0 Å². The first-order valence-corrected chi connectivity index (χ1v) is 8.94. The molecule has 0 aromatic carbocycles. The molecule has 0 fully saturated rings. The molecule has 38 N–H and O–H groups in total. The Hall–Kier alpha value is 16.5. The van der Waals surface area contributed by atoms with Crippen molar-refractivity contribution in [1.29, 1.82) is 0 Å². The van der Waals surface area contributed by atoms with Gasteiger partial charge in [-0.15, -0.1) is 0 Å². The minimum atomic E-state index is 0. The van der Waals surface area contributed by atoms with Gasteiger partial charge in [-0.2, -0.15) is 0 Å². The zero-order valence-electron chi connectivity index (χ0n) is 44.3. The van der Waals surface area contributed by atoms with Gasteiger partial charge in [0.1, 0.15) is 0 Å². The molecule has 0 aliphatic rings. The molecule has 24 nitrogen and oxygen atoms in total. The van der Waals surface area contributed by atoms with Gasteiger partial charge in [-0.1, -0.05) is 0 Å². The van der Waals surface area contributed by atoms with Crippen molar-refractivity contribution in [3.63, 3.8) is 0 Å². The number of quaternary nitrogens is 5. The molecule has 0 heterocycles. The van der Waals surface area contributed by atoms with Crippen molar-refractivity contribution in [2.24, 2.45) is 0 Å². The Kier molecular flexibility index (Phi) is 1060. The molecule has 13 radical (unpaired) electrons. The molecule has 0 atom stereocenters. The van der Waals surface area contributed by atoms with E-state index in [1.807, 2.05) is 0 Å². The number of hydrogen-bond donors (Lipinski definition) is 0. The van der Waals surface area contributed by atoms with Crippen molar-refractivity contribution in [2.45, 2.75) is 0 Å². The van der Waals surface area contributed by atoms with Crippen LogP contribution in [0, 0.1) is 0 Å². The molecule has 0 aromatic heterocycles. The summed E-state index contributed by atoms with van der Waals surface area (Å²) in [4.78, 5) is 0. The average molecular weight is 1850 g/mol. The molecule has 0 rings (SSSR count). The van der Waals surface area contributed by atoms with Crippen LogP contribution < -0.4 is 0 Å². The molecule has 0 unspecified atom stereocenters. The van der Waals surface area contributed by atoms with Gasteiger partial charge in [0, 0.05) is 535 Å². The molecule has 0 saturated carbocycles. The molecule has 355 valence electrons. The first kappa shape index (κ1) is 327. The summed E-state index contributed by atoms with van der Waals surface area (Å²) in [5, 5.41) is 0. The summed E-state index contributed by atoms with van der Waals surface area (Å²) in [7, 11) is 42.5. The number of nitrogens with zero attached hydrogens (tertiary/aromatic N) is 5. The van der Waals surface area contributed by atoms with E-state index in [-0.39, 0.29) is 639 Å². The van der Waals surface area contributed by atoms with Crippen LogP contribution in [0.4, 0.5) is 0 Å². The van der Waals surface area contributed by atoms with Crippen LogP contribution in [0.3, 0.4) is 0 Å². The van der Waals surface area contributed by atoms with E-state index in [1.54, 1.807) is 0 Å². The Morgan fingerprint density at radius 1 is 0.150 bits per heavy atom. The molecule has 0 spiro atoms. The van der Waals surface area contributed by atoms with Crippen LogP contribution >= 0.6 is 0 Å². The molecular weight excluding hydrogens is 1750 g/mol. The van der Waals surface area contributed by atoms with Crippen LogP contribution in [0.1, 0.15) is 0 Å². The van der Waals surface area contributed by atoms with E-state index >= 15 is 0 Å². The van der Waals surface area contributed by atoms with Crippen molar-refractivity contribution in [3.05, 3.63) is 0 Å². The third kappa shape index (κ3) is 1480. The maximum absolute atomic E-state index is 2.12. The van der Waals surface area contributed by atoms with Gasteiger partial charge in [-0.3, -0.25) is 0 Å². The largest absolute Gasteiger partial charge is 0.412 e. The quantitative estimate of drug-likeness (QED) is 0.161.